The predicted octanol–water partition coefficient (Wildman–Crippen LogP) is 2.60. The van der Waals surface area contributed by atoms with Crippen molar-refractivity contribution < 1.29 is 24.2 Å². The van der Waals surface area contributed by atoms with E-state index in [0.29, 0.717) is 19.4 Å². The van der Waals surface area contributed by atoms with Crippen LogP contribution in [0.2, 0.25) is 0 Å². The third kappa shape index (κ3) is 3.68. The zero-order valence-electron chi connectivity index (χ0n) is 15.8. The van der Waals surface area contributed by atoms with Crippen LogP contribution >= 0.6 is 0 Å². The molecule has 0 radical (unpaired) electrons. The fourth-order valence-electron chi connectivity index (χ4n) is 4.22. The van der Waals surface area contributed by atoms with Crippen LogP contribution in [-0.4, -0.2) is 53.7 Å². The number of carboxylic acid groups (broad SMARTS) is 1. The first-order valence-corrected chi connectivity index (χ1v) is 9.67. The van der Waals surface area contributed by atoms with Crippen LogP contribution in [0.3, 0.4) is 0 Å². The van der Waals surface area contributed by atoms with E-state index in [-0.39, 0.29) is 12.5 Å². The Labute approximate surface area is 168 Å². The van der Waals surface area contributed by atoms with Gasteiger partial charge in [0, 0.05) is 12.5 Å². The van der Waals surface area contributed by atoms with Crippen LogP contribution in [0, 0.1) is 0 Å². The molecule has 0 saturated carbocycles. The number of nitrogens with one attached hydrogen (secondary N) is 1. The molecule has 2 aliphatic rings. The van der Waals surface area contributed by atoms with Crippen LogP contribution in [0.15, 0.2) is 48.5 Å². The van der Waals surface area contributed by atoms with E-state index >= 15 is 0 Å². The van der Waals surface area contributed by atoms with Gasteiger partial charge < -0.3 is 15.2 Å². The molecule has 0 bridgehead atoms. The number of nitrogens with zero attached hydrogens (tertiary/aromatic N) is 1. The van der Waals surface area contributed by atoms with Crippen molar-refractivity contribution in [1.82, 2.24) is 10.2 Å². The summed E-state index contributed by atoms with van der Waals surface area (Å²) in [5, 5.41) is 11.1. The Morgan fingerprint density at radius 1 is 1.03 bits per heavy atom. The van der Waals surface area contributed by atoms with Crippen molar-refractivity contribution in [1.29, 1.82) is 0 Å². The number of hydrogen-bond acceptors (Lipinski definition) is 4. The number of hydrogen-bond donors (Lipinski definition) is 2. The highest BCUT2D eigenvalue weighted by Crippen LogP contribution is 2.44. The first kappa shape index (κ1) is 19.0. The van der Waals surface area contributed by atoms with Gasteiger partial charge in [0.15, 0.2) is 0 Å². The second kappa shape index (κ2) is 7.95. The third-order valence-electron chi connectivity index (χ3n) is 5.54. The summed E-state index contributed by atoms with van der Waals surface area (Å²) >= 11 is 0. The summed E-state index contributed by atoms with van der Waals surface area (Å²) in [5.41, 5.74) is 4.55. The lowest BCUT2D eigenvalue weighted by Gasteiger charge is -2.24. The number of ether oxygens (including phenoxy) is 1. The lowest BCUT2D eigenvalue weighted by molar-refractivity contribution is -0.138. The lowest BCUT2D eigenvalue weighted by atomic mass is 9.98. The summed E-state index contributed by atoms with van der Waals surface area (Å²) < 4.78 is 5.62. The minimum absolute atomic E-state index is 0.0479. The fraction of sp³-hybridized carbons (Fsp3) is 0.318. The summed E-state index contributed by atoms with van der Waals surface area (Å²) in [7, 11) is 0. The molecule has 0 unspecified atom stereocenters. The van der Waals surface area contributed by atoms with Gasteiger partial charge in [-0.1, -0.05) is 48.5 Å². The van der Waals surface area contributed by atoms with Gasteiger partial charge in [-0.3, -0.25) is 14.5 Å². The first-order chi connectivity index (χ1) is 14.1. The molecule has 1 aliphatic carbocycles. The molecule has 1 atom stereocenters. The molecular weight excluding hydrogens is 372 g/mol. The zero-order chi connectivity index (χ0) is 20.4. The number of carboxylic acids is 1. The van der Waals surface area contributed by atoms with Crippen LogP contribution in [0.5, 0.6) is 0 Å². The van der Waals surface area contributed by atoms with Gasteiger partial charge >= 0.3 is 12.1 Å². The van der Waals surface area contributed by atoms with Crippen molar-refractivity contribution in [2.45, 2.75) is 24.8 Å². The van der Waals surface area contributed by atoms with Gasteiger partial charge in [0.2, 0.25) is 5.91 Å². The molecule has 2 N–H and O–H groups in total. The number of carbonyl (C=O) groups excluding carboxylic acids is 2. The normalized spacial score (nSPS) is 17.5. The number of amides is 2. The quantitative estimate of drug-likeness (QED) is 0.813. The summed E-state index contributed by atoms with van der Waals surface area (Å²) in [6.07, 6.45) is 0.630. The molecule has 1 heterocycles. The van der Waals surface area contributed by atoms with E-state index in [1.165, 1.54) is 4.90 Å². The Kier molecular flexibility index (Phi) is 5.20. The molecule has 1 fully saturated rings. The topological polar surface area (TPSA) is 95.9 Å². The molecular formula is C22H22N2O5. The minimum Gasteiger partial charge on any atom is -0.480 e. The van der Waals surface area contributed by atoms with Crippen LogP contribution in [0.1, 0.15) is 29.9 Å². The second-order valence-electron chi connectivity index (χ2n) is 7.27. The van der Waals surface area contributed by atoms with Crippen LogP contribution in [0.4, 0.5) is 4.79 Å². The molecule has 2 aromatic carbocycles. The SMILES string of the molecule is O=C(O)CNC(=O)[C@H]1CCCN1C(=O)OCC1c2ccccc2-c2ccccc21. The van der Waals surface area contributed by atoms with E-state index in [0.717, 1.165) is 22.3 Å². The van der Waals surface area contributed by atoms with E-state index in [2.05, 4.69) is 17.4 Å². The molecule has 1 aliphatic heterocycles. The standard InChI is InChI=1S/C22H22N2O5/c25-20(26)12-23-21(27)19-10-5-11-24(19)22(28)29-13-18-16-8-3-1-6-14(16)15-7-2-4-9-17(15)18/h1-4,6-9,18-19H,5,10-13H2,(H,23,27)(H,25,26)/t19-/m1/s1. The maximum atomic E-state index is 12.7. The highest BCUT2D eigenvalue weighted by Gasteiger charge is 2.36. The van der Waals surface area contributed by atoms with Crippen molar-refractivity contribution >= 4 is 18.0 Å². The molecule has 7 nitrogen and oxygen atoms in total. The van der Waals surface area contributed by atoms with Gasteiger partial charge in [-0.25, -0.2) is 4.79 Å². The molecule has 0 aromatic heterocycles. The lowest BCUT2D eigenvalue weighted by Crippen LogP contribution is -2.47. The monoisotopic (exact) mass is 394 g/mol. The molecule has 2 aromatic rings. The zero-order valence-corrected chi connectivity index (χ0v) is 15.8. The fourth-order valence-corrected chi connectivity index (χ4v) is 4.22. The number of rotatable bonds is 5. The number of likely N-dealkylation sites (tertiary alicyclic amines) is 1. The summed E-state index contributed by atoms with van der Waals surface area (Å²) in [5.74, 6) is -1.63. The van der Waals surface area contributed by atoms with Gasteiger partial charge in [-0.05, 0) is 35.1 Å². The number of aliphatic carboxylic acids is 1. The van der Waals surface area contributed by atoms with E-state index in [9.17, 15) is 14.4 Å². The molecule has 2 amide bonds. The average Bonchev–Trinajstić information content (AvgIpc) is 3.34. The summed E-state index contributed by atoms with van der Waals surface area (Å²) in [4.78, 5) is 37.0. The molecule has 29 heavy (non-hydrogen) atoms. The van der Waals surface area contributed by atoms with E-state index in [1.807, 2.05) is 36.4 Å². The van der Waals surface area contributed by atoms with Crippen molar-refractivity contribution in [2.24, 2.45) is 0 Å². The van der Waals surface area contributed by atoms with Gasteiger partial charge in [-0.2, -0.15) is 0 Å². The Balaban J connectivity index is 1.44. The Morgan fingerprint density at radius 2 is 1.66 bits per heavy atom. The van der Waals surface area contributed by atoms with Crippen molar-refractivity contribution in [3.63, 3.8) is 0 Å². The average molecular weight is 394 g/mol. The number of benzene rings is 2. The minimum atomic E-state index is -1.12. The summed E-state index contributed by atoms with van der Waals surface area (Å²) in [6, 6.07) is 15.5. The maximum absolute atomic E-state index is 12.7. The van der Waals surface area contributed by atoms with Crippen LogP contribution in [0.25, 0.3) is 11.1 Å². The highest BCUT2D eigenvalue weighted by molar-refractivity contribution is 5.88. The molecule has 150 valence electrons. The second-order valence-corrected chi connectivity index (χ2v) is 7.27. The smallest absolute Gasteiger partial charge is 0.410 e. The Morgan fingerprint density at radius 3 is 2.28 bits per heavy atom. The number of carbonyl (C=O) groups is 3. The van der Waals surface area contributed by atoms with Crippen molar-refractivity contribution in [3.05, 3.63) is 59.7 Å². The maximum Gasteiger partial charge on any atom is 0.410 e. The van der Waals surface area contributed by atoms with Gasteiger partial charge in [-0.15, -0.1) is 0 Å². The van der Waals surface area contributed by atoms with Crippen LogP contribution < -0.4 is 5.32 Å². The molecule has 1 saturated heterocycles. The van der Waals surface area contributed by atoms with Crippen LogP contribution in [-0.2, 0) is 14.3 Å². The number of fused-ring (bicyclic) bond motifs is 3. The molecule has 0 spiro atoms. The third-order valence-corrected chi connectivity index (χ3v) is 5.54. The van der Waals surface area contributed by atoms with Crippen molar-refractivity contribution in [3.8, 4) is 11.1 Å². The first-order valence-electron chi connectivity index (χ1n) is 9.67. The van der Waals surface area contributed by atoms with Gasteiger partial charge in [0.05, 0.1) is 0 Å². The van der Waals surface area contributed by atoms with E-state index < -0.39 is 30.6 Å². The highest BCUT2D eigenvalue weighted by atomic mass is 16.6. The van der Waals surface area contributed by atoms with E-state index in [4.69, 9.17) is 9.84 Å². The predicted molar refractivity (Wildman–Crippen MR) is 105 cm³/mol. The molecule has 7 heteroatoms. The summed E-state index contributed by atoms with van der Waals surface area (Å²) in [6.45, 7) is 0.141. The largest absolute Gasteiger partial charge is 0.480 e. The Bertz CT molecular complexity index is 912. The van der Waals surface area contributed by atoms with E-state index in [1.54, 1.807) is 0 Å². The van der Waals surface area contributed by atoms with Crippen molar-refractivity contribution in [2.75, 3.05) is 19.7 Å². The van der Waals surface area contributed by atoms with Gasteiger partial charge in [0.1, 0.15) is 19.2 Å². The Hall–Kier alpha value is -3.35. The van der Waals surface area contributed by atoms with Gasteiger partial charge in [0.25, 0.3) is 0 Å². The molecule has 4 rings (SSSR count).